The van der Waals surface area contributed by atoms with Crippen molar-refractivity contribution >= 4 is 12.0 Å². The summed E-state index contributed by atoms with van der Waals surface area (Å²) in [6, 6.07) is 1.08. The number of nitrogens with zero attached hydrogens (tertiary/aromatic N) is 1. The van der Waals surface area contributed by atoms with Crippen molar-refractivity contribution in [3.05, 3.63) is 23.0 Å². The monoisotopic (exact) mass is 186 g/mol. The summed E-state index contributed by atoms with van der Waals surface area (Å²) in [5.41, 5.74) is 5.19. The predicted octanol–water partition coefficient (Wildman–Crippen LogP) is 1.72. The van der Waals surface area contributed by atoms with Crippen molar-refractivity contribution in [1.29, 1.82) is 0 Å². The first-order valence-corrected chi connectivity index (χ1v) is 3.56. The van der Waals surface area contributed by atoms with Crippen LogP contribution in [0.15, 0.2) is 6.07 Å². The first-order valence-electron chi connectivity index (χ1n) is 3.56. The number of carbonyl (C=O) groups excluding carboxylic acids is 1. The molecule has 1 aromatic rings. The van der Waals surface area contributed by atoms with Gasteiger partial charge in [-0.15, -0.1) is 0 Å². The minimum atomic E-state index is -2.62. The second-order valence-electron chi connectivity index (χ2n) is 2.56. The number of nitrogen functional groups attached to an aromatic ring is 1. The Balaban J connectivity index is 3.28. The fraction of sp³-hybridized carbons (Fsp3) is 0.250. The van der Waals surface area contributed by atoms with E-state index in [4.69, 9.17) is 5.73 Å². The van der Waals surface area contributed by atoms with E-state index in [9.17, 15) is 13.6 Å². The summed E-state index contributed by atoms with van der Waals surface area (Å²) in [5, 5.41) is 0. The van der Waals surface area contributed by atoms with Gasteiger partial charge in [-0.05, 0) is 13.0 Å². The lowest BCUT2D eigenvalue weighted by molar-refractivity contribution is 0.111. The first kappa shape index (κ1) is 9.57. The van der Waals surface area contributed by atoms with E-state index in [1.165, 1.54) is 6.92 Å². The minimum Gasteiger partial charge on any atom is -0.397 e. The fourth-order valence-electron chi connectivity index (χ4n) is 0.971. The minimum absolute atomic E-state index is 0.00176. The van der Waals surface area contributed by atoms with Crippen LogP contribution >= 0.6 is 0 Å². The number of hydrogen-bond acceptors (Lipinski definition) is 3. The molecule has 0 aliphatic carbocycles. The van der Waals surface area contributed by atoms with E-state index < -0.39 is 6.43 Å². The fourth-order valence-corrected chi connectivity index (χ4v) is 0.971. The van der Waals surface area contributed by atoms with Crippen molar-refractivity contribution in [2.45, 2.75) is 13.3 Å². The van der Waals surface area contributed by atoms with Gasteiger partial charge >= 0.3 is 0 Å². The molecule has 1 aromatic heterocycles. The maximum atomic E-state index is 12.3. The number of halogens is 2. The number of anilines is 1. The molecular weight excluding hydrogens is 178 g/mol. The molecule has 0 aromatic carbocycles. The topological polar surface area (TPSA) is 56.0 Å². The molecule has 0 fully saturated rings. The SMILES string of the molecule is Cc1nc(C=O)c(N)cc1C(F)F. The molecule has 0 spiro atoms. The van der Waals surface area contributed by atoms with Crippen LogP contribution in [0, 0.1) is 6.92 Å². The van der Waals surface area contributed by atoms with Gasteiger partial charge in [0.05, 0.1) is 5.69 Å². The van der Waals surface area contributed by atoms with Crippen molar-refractivity contribution in [2.24, 2.45) is 0 Å². The van der Waals surface area contributed by atoms with E-state index in [1.807, 2.05) is 0 Å². The van der Waals surface area contributed by atoms with Crippen LogP contribution < -0.4 is 5.73 Å². The number of nitrogens with two attached hydrogens (primary N) is 1. The van der Waals surface area contributed by atoms with Crippen LogP contribution in [0.4, 0.5) is 14.5 Å². The van der Waals surface area contributed by atoms with Gasteiger partial charge in [0.15, 0.2) is 6.29 Å². The maximum absolute atomic E-state index is 12.3. The summed E-state index contributed by atoms with van der Waals surface area (Å²) in [6.45, 7) is 1.41. The maximum Gasteiger partial charge on any atom is 0.265 e. The average Bonchev–Trinajstić information content (AvgIpc) is 2.07. The molecule has 0 aliphatic rings. The van der Waals surface area contributed by atoms with Gasteiger partial charge in [0.1, 0.15) is 5.69 Å². The molecule has 0 radical (unpaired) electrons. The molecule has 0 saturated carbocycles. The normalized spacial score (nSPS) is 10.5. The number of alkyl halides is 2. The van der Waals surface area contributed by atoms with Gasteiger partial charge in [-0.1, -0.05) is 0 Å². The number of aldehydes is 1. The Morgan fingerprint density at radius 2 is 2.23 bits per heavy atom. The number of pyridine rings is 1. The molecule has 1 rings (SSSR count). The Morgan fingerprint density at radius 1 is 1.62 bits per heavy atom. The molecule has 0 atom stereocenters. The molecule has 13 heavy (non-hydrogen) atoms. The standard InChI is InChI=1S/C8H8F2N2O/c1-4-5(8(9)10)2-6(11)7(3-13)12-4/h2-3,8H,11H2,1H3. The second-order valence-corrected chi connectivity index (χ2v) is 2.56. The molecule has 0 saturated heterocycles. The van der Waals surface area contributed by atoms with Crippen molar-refractivity contribution in [1.82, 2.24) is 4.98 Å². The zero-order chi connectivity index (χ0) is 10.0. The van der Waals surface area contributed by atoms with E-state index in [0.29, 0.717) is 6.29 Å². The lowest BCUT2D eigenvalue weighted by atomic mass is 10.1. The van der Waals surface area contributed by atoms with Gasteiger partial charge in [-0.2, -0.15) is 0 Å². The van der Waals surface area contributed by atoms with Gasteiger partial charge in [0.2, 0.25) is 0 Å². The highest BCUT2D eigenvalue weighted by Crippen LogP contribution is 2.24. The highest BCUT2D eigenvalue weighted by molar-refractivity contribution is 5.80. The van der Waals surface area contributed by atoms with Crippen molar-refractivity contribution in [3.63, 3.8) is 0 Å². The predicted molar refractivity (Wildman–Crippen MR) is 43.7 cm³/mol. The van der Waals surface area contributed by atoms with Crippen LogP contribution in [0.3, 0.4) is 0 Å². The number of carbonyl (C=O) groups is 1. The third-order valence-electron chi connectivity index (χ3n) is 1.66. The zero-order valence-corrected chi connectivity index (χ0v) is 6.92. The highest BCUT2D eigenvalue weighted by atomic mass is 19.3. The van der Waals surface area contributed by atoms with Crippen LogP contribution in [0.25, 0.3) is 0 Å². The van der Waals surface area contributed by atoms with Gasteiger partial charge < -0.3 is 5.73 Å². The van der Waals surface area contributed by atoms with E-state index >= 15 is 0 Å². The van der Waals surface area contributed by atoms with Crippen LogP contribution in [-0.2, 0) is 0 Å². The van der Waals surface area contributed by atoms with Gasteiger partial charge in [-0.25, -0.2) is 13.8 Å². The van der Waals surface area contributed by atoms with E-state index in [1.54, 1.807) is 0 Å². The Kier molecular flexibility index (Phi) is 2.55. The second kappa shape index (κ2) is 3.47. The molecule has 2 N–H and O–H groups in total. The van der Waals surface area contributed by atoms with Crippen LogP contribution in [0.5, 0.6) is 0 Å². The molecular formula is C8H8F2N2O. The third kappa shape index (κ3) is 1.80. The largest absolute Gasteiger partial charge is 0.397 e. The smallest absolute Gasteiger partial charge is 0.265 e. The molecule has 0 unspecified atom stereocenters. The molecule has 5 heteroatoms. The summed E-state index contributed by atoms with van der Waals surface area (Å²) in [4.78, 5) is 14.0. The van der Waals surface area contributed by atoms with Gasteiger partial charge in [0, 0.05) is 11.3 Å². The molecule has 0 aliphatic heterocycles. The van der Waals surface area contributed by atoms with Gasteiger partial charge in [-0.3, -0.25) is 4.79 Å². The quantitative estimate of drug-likeness (QED) is 0.715. The summed E-state index contributed by atoms with van der Waals surface area (Å²) >= 11 is 0. The van der Waals surface area contributed by atoms with Crippen molar-refractivity contribution < 1.29 is 13.6 Å². The summed E-state index contributed by atoms with van der Waals surface area (Å²) in [7, 11) is 0. The first-order chi connectivity index (χ1) is 6.06. The lowest BCUT2D eigenvalue weighted by Gasteiger charge is -2.06. The Morgan fingerprint density at radius 3 is 2.69 bits per heavy atom. The summed E-state index contributed by atoms with van der Waals surface area (Å²) in [6.07, 6.45) is -2.17. The number of hydrogen-bond donors (Lipinski definition) is 1. The van der Waals surface area contributed by atoms with Crippen LogP contribution in [-0.4, -0.2) is 11.3 Å². The summed E-state index contributed by atoms with van der Waals surface area (Å²) in [5.74, 6) is 0. The highest BCUT2D eigenvalue weighted by Gasteiger charge is 2.13. The van der Waals surface area contributed by atoms with Crippen LogP contribution in [0.2, 0.25) is 0 Å². The number of rotatable bonds is 2. The molecule has 3 nitrogen and oxygen atoms in total. The lowest BCUT2D eigenvalue weighted by Crippen LogP contribution is -2.02. The molecule has 0 bridgehead atoms. The van der Waals surface area contributed by atoms with Crippen molar-refractivity contribution in [2.75, 3.05) is 5.73 Å². The molecule has 0 amide bonds. The van der Waals surface area contributed by atoms with E-state index in [0.717, 1.165) is 6.07 Å². The third-order valence-corrected chi connectivity index (χ3v) is 1.66. The number of aromatic nitrogens is 1. The van der Waals surface area contributed by atoms with Crippen molar-refractivity contribution in [3.8, 4) is 0 Å². The molecule has 70 valence electrons. The Hall–Kier alpha value is -1.52. The Bertz CT molecular complexity index is 339. The van der Waals surface area contributed by atoms with Crippen LogP contribution in [0.1, 0.15) is 28.2 Å². The zero-order valence-electron chi connectivity index (χ0n) is 6.92. The number of aryl methyl sites for hydroxylation is 1. The summed E-state index contributed by atoms with van der Waals surface area (Å²) < 4.78 is 24.5. The Labute approximate surface area is 73.6 Å². The van der Waals surface area contributed by atoms with E-state index in [2.05, 4.69) is 4.98 Å². The average molecular weight is 186 g/mol. The van der Waals surface area contributed by atoms with Gasteiger partial charge in [0.25, 0.3) is 6.43 Å². The van der Waals surface area contributed by atoms with E-state index in [-0.39, 0.29) is 22.6 Å². The molecule has 1 heterocycles.